The lowest BCUT2D eigenvalue weighted by molar-refractivity contribution is 0.669. The Hall–Kier alpha value is -8.20. The van der Waals surface area contributed by atoms with Gasteiger partial charge in [-0.2, -0.15) is 0 Å². The average molecular weight is 792 g/mol. The van der Waals surface area contributed by atoms with Crippen LogP contribution in [0.5, 0.6) is 0 Å². The molecule has 0 unspecified atom stereocenters. The molecule has 2 heteroatoms. The molecule has 0 saturated carbocycles. The summed E-state index contributed by atoms with van der Waals surface area (Å²) in [6.07, 6.45) is 0. The summed E-state index contributed by atoms with van der Waals surface area (Å²) in [5.41, 5.74) is 19.1. The van der Waals surface area contributed by atoms with Crippen molar-refractivity contribution in [1.29, 1.82) is 0 Å². The van der Waals surface area contributed by atoms with Crippen LogP contribution in [0.15, 0.2) is 253 Å². The summed E-state index contributed by atoms with van der Waals surface area (Å²) in [5.74, 6) is 0. The molecular formula is C60H41NO. The number of furan rings is 1. The average Bonchev–Trinajstić information content (AvgIpc) is 3.73. The molecule has 62 heavy (non-hydrogen) atoms. The Morgan fingerprint density at radius 2 is 0.629 bits per heavy atom. The molecule has 1 heterocycles. The van der Waals surface area contributed by atoms with Gasteiger partial charge in [-0.3, -0.25) is 0 Å². The van der Waals surface area contributed by atoms with E-state index in [0.29, 0.717) is 0 Å². The number of para-hydroxylation sites is 2. The number of rotatable bonds is 9. The van der Waals surface area contributed by atoms with Gasteiger partial charge in [-0.1, -0.05) is 200 Å². The van der Waals surface area contributed by atoms with E-state index in [1.807, 2.05) is 12.1 Å². The fourth-order valence-electron chi connectivity index (χ4n) is 8.86. The second-order valence-corrected chi connectivity index (χ2v) is 15.7. The fourth-order valence-corrected chi connectivity index (χ4v) is 8.86. The van der Waals surface area contributed by atoms with E-state index in [0.717, 1.165) is 61.3 Å². The van der Waals surface area contributed by atoms with E-state index >= 15 is 0 Å². The second kappa shape index (κ2) is 16.1. The summed E-state index contributed by atoms with van der Waals surface area (Å²) in [5, 5.41) is 2.27. The number of hydrogen-bond donors (Lipinski definition) is 0. The smallest absolute Gasteiger partial charge is 0.136 e. The molecule has 0 amide bonds. The molecular weight excluding hydrogens is 751 g/mol. The van der Waals surface area contributed by atoms with Crippen LogP contribution in [-0.2, 0) is 0 Å². The Labute approximate surface area is 362 Å². The predicted molar refractivity (Wildman–Crippen MR) is 261 cm³/mol. The Morgan fingerprint density at radius 1 is 0.242 bits per heavy atom. The Bertz CT molecular complexity index is 3310. The first-order valence-electron chi connectivity index (χ1n) is 21.2. The van der Waals surface area contributed by atoms with Crippen molar-refractivity contribution in [2.45, 2.75) is 0 Å². The van der Waals surface area contributed by atoms with Crippen molar-refractivity contribution in [2.75, 3.05) is 4.90 Å². The molecule has 0 bridgehead atoms. The minimum atomic E-state index is 0.895. The molecule has 0 saturated heterocycles. The van der Waals surface area contributed by atoms with E-state index in [9.17, 15) is 0 Å². The third-order valence-corrected chi connectivity index (χ3v) is 12.0. The quantitative estimate of drug-likeness (QED) is 0.145. The first-order valence-corrected chi connectivity index (χ1v) is 21.2. The van der Waals surface area contributed by atoms with Crippen LogP contribution in [0, 0.1) is 0 Å². The molecule has 292 valence electrons. The molecule has 0 radical (unpaired) electrons. The summed E-state index contributed by atoms with van der Waals surface area (Å²) < 4.78 is 6.28. The van der Waals surface area contributed by atoms with Crippen molar-refractivity contribution in [3.63, 3.8) is 0 Å². The van der Waals surface area contributed by atoms with Crippen LogP contribution in [0.1, 0.15) is 0 Å². The second-order valence-electron chi connectivity index (χ2n) is 15.7. The maximum Gasteiger partial charge on any atom is 0.136 e. The van der Waals surface area contributed by atoms with Crippen LogP contribution in [0.25, 0.3) is 88.7 Å². The minimum Gasteiger partial charge on any atom is -0.456 e. The molecule has 0 aliphatic heterocycles. The highest BCUT2D eigenvalue weighted by atomic mass is 16.3. The van der Waals surface area contributed by atoms with Crippen LogP contribution in [0.2, 0.25) is 0 Å². The van der Waals surface area contributed by atoms with Gasteiger partial charge < -0.3 is 9.32 Å². The zero-order chi connectivity index (χ0) is 41.2. The van der Waals surface area contributed by atoms with Crippen molar-refractivity contribution in [3.05, 3.63) is 249 Å². The lowest BCUT2D eigenvalue weighted by atomic mass is 9.88. The van der Waals surface area contributed by atoms with Gasteiger partial charge in [0.1, 0.15) is 11.2 Å². The van der Waals surface area contributed by atoms with Crippen LogP contribution < -0.4 is 4.90 Å². The first-order chi connectivity index (χ1) is 30.7. The SMILES string of the molecule is c1ccc(-c2ccc(-c3ccccc3-c3ccccc3-c3ccccc3N(c3ccc(-c4ccccc4)cc3)c3ccc(-c4ccc5c(c4)oc4ccccc45)cc3)cc2)cc1. The van der Waals surface area contributed by atoms with Gasteiger partial charge in [0.25, 0.3) is 0 Å². The van der Waals surface area contributed by atoms with E-state index in [1.54, 1.807) is 0 Å². The van der Waals surface area contributed by atoms with Crippen LogP contribution in [-0.4, -0.2) is 0 Å². The number of fused-ring (bicyclic) bond motifs is 3. The van der Waals surface area contributed by atoms with E-state index in [2.05, 4.69) is 241 Å². The highest BCUT2D eigenvalue weighted by molar-refractivity contribution is 6.06. The maximum atomic E-state index is 6.28. The van der Waals surface area contributed by atoms with Gasteiger partial charge >= 0.3 is 0 Å². The first kappa shape index (κ1) is 36.8. The monoisotopic (exact) mass is 791 g/mol. The Balaban J connectivity index is 1.01. The normalized spacial score (nSPS) is 11.2. The number of hydrogen-bond acceptors (Lipinski definition) is 2. The third kappa shape index (κ3) is 6.94. The largest absolute Gasteiger partial charge is 0.456 e. The zero-order valence-corrected chi connectivity index (χ0v) is 34.0. The van der Waals surface area contributed by atoms with Crippen molar-refractivity contribution in [2.24, 2.45) is 0 Å². The van der Waals surface area contributed by atoms with Crippen molar-refractivity contribution in [1.82, 2.24) is 0 Å². The molecule has 0 fully saturated rings. The highest BCUT2D eigenvalue weighted by Crippen LogP contribution is 2.46. The lowest BCUT2D eigenvalue weighted by Crippen LogP contribution is -2.11. The van der Waals surface area contributed by atoms with Gasteiger partial charge in [0.15, 0.2) is 0 Å². The molecule has 11 aromatic rings. The molecule has 0 aliphatic rings. The molecule has 11 rings (SSSR count). The van der Waals surface area contributed by atoms with E-state index in [4.69, 9.17) is 4.42 Å². The fraction of sp³-hybridized carbons (Fsp3) is 0. The molecule has 2 nitrogen and oxygen atoms in total. The van der Waals surface area contributed by atoms with Gasteiger partial charge in [-0.15, -0.1) is 0 Å². The van der Waals surface area contributed by atoms with Crippen molar-refractivity contribution < 1.29 is 4.42 Å². The summed E-state index contributed by atoms with van der Waals surface area (Å²) in [6.45, 7) is 0. The molecule has 0 aliphatic carbocycles. The summed E-state index contributed by atoms with van der Waals surface area (Å²) >= 11 is 0. The van der Waals surface area contributed by atoms with Crippen molar-refractivity contribution >= 4 is 39.0 Å². The van der Waals surface area contributed by atoms with E-state index in [-0.39, 0.29) is 0 Å². The lowest BCUT2D eigenvalue weighted by Gasteiger charge is -2.29. The Morgan fingerprint density at radius 3 is 1.24 bits per heavy atom. The van der Waals surface area contributed by atoms with Crippen LogP contribution in [0.3, 0.4) is 0 Å². The van der Waals surface area contributed by atoms with E-state index in [1.165, 1.54) is 44.5 Å². The van der Waals surface area contributed by atoms with Crippen molar-refractivity contribution in [3.8, 4) is 66.8 Å². The number of anilines is 3. The number of nitrogens with zero attached hydrogens (tertiary/aromatic N) is 1. The van der Waals surface area contributed by atoms with Gasteiger partial charge in [-0.05, 0) is 110 Å². The Kier molecular flexibility index (Phi) is 9.57. The molecule has 10 aromatic carbocycles. The van der Waals surface area contributed by atoms with Crippen LogP contribution >= 0.6 is 0 Å². The molecule has 1 aromatic heterocycles. The summed E-state index contributed by atoms with van der Waals surface area (Å²) in [6, 6.07) is 89.1. The highest BCUT2D eigenvalue weighted by Gasteiger charge is 2.21. The molecule has 0 atom stereocenters. The van der Waals surface area contributed by atoms with Crippen LogP contribution in [0.4, 0.5) is 17.1 Å². The van der Waals surface area contributed by atoms with Gasteiger partial charge in [-0.25, -0.2) is 0 Å². The topological polar surface area (TPSA) is 16.4 Å². The minimum absolute atomic E-state index is 0.895. The van der Waals surface area contributed by atoms with E-state index < -0.39 is 0 Å². The molecule has 0 spiro atoms. The molecule has 0 N–H and O–H groups in total. The predicted octanol–water partition coefficient (Wildman–Crippen LogP) is 17.1. The van der Waals surface area contributed by atoms with Gasteiger partial charge in [0.05, 0.1) is 5.69 Å². The summed E-state index contributed by atoms with van der Waals surface area (Å²) in [7, 11) is 0. The maximum absolute atomic E-state index is 6.28. The standard InChI is InChI=1S/C60H41NO/c1-3-15-42(16-4-1)44-27-29-47(30-28-44)51-19-7-8-20-52(51)53-21-9-10-22-54(53)55-23-11-13-25-58(55)61(49-36-31-45(32-37-49)43-17-5-2-6-18-43)50-38-33-46(34-39-50)48-35-40-57-56-24-12-14-26-59(56)62-60(57)41-48/h1-41H. The van der Waals surface area contributed by atoms with Gasteiger partial charge in [0, 0.05) is 27.7 Å². The number of benzene rings is 10. The van der Waals surface area contributed by atoms with Gasteiger partial charge in [0.2, 0.25) is 0 Å². The summed E-state index contributed by atoms with van der Waals surface area (Å²) in [4.78, 5) is 2.39. The third-order valence-electron chi connectivity index (χ3n) is 12.0. The zero-order valence-electron chi connectivity index (χ0n) is 34.0.